The molecule has 0 unspecified atom stereocenters. The molecule has 0 rings (SSSR count). The van der Waals surface area contributed by atoms with E-state index in [1.54, 1.807) is 6.92 Å². The van der Waals surface area contributed by atoms with Crippen LogP contribution in [-0.2, 0) is 4.79 Å². The summed E-state index contributed by atoms with van der Waals surface area (Å²) in [6, 6.07) is 0. The van der Waals surface area contributed by atoms with Crippen LogP contribution in [0.3, 0.4) is 0 Å². The zero-order chi connectivity index (χ0) is 7.28. The molecule has 0 saturated heterocycles. The number of amides is 1. The number of primary amides is 1. The first-order valence-corrected chi connectivity index (χ1v) is 3.15. The molecule has 2 nitrogen and oxygen atoms in total. The molecule has 0 heterocycles. The van der Waals surface area contributed by atoms with Crippen molar-refractivity contribution >= 4 is 22.9 Å². The molecular formula is C7H14BrNO. The molecule has 0 spiro atoms. The quantitative estimate of drug-likeness (QED) is 0.706. The van der Waals surface area contributed by atoms with Crippen LogP contribution in [-0.4, -0.2) is 5.91 Å². The van der Waals surface area contributed by atoms with Gasteiger partial charge < -0.3 is 5.73 Å². The summed E-state index contributed by atoms with van der Waals surface area (Å²) in [7, 11) is 0. The van der Waals surface area contributed by atoms with E-state index in [0.29, 0.717) is 5.57 Å². The smallest absolute Gasteiger partial charge is 0.244 e. The van der Waals surface area contributed by atoms with E-state index in [1.165, 1.54) is 0 Å². The van der Waals surface area contributed by atoms with Gasteiger partial charge in [-0.2, -0.15) is 0 Å². The van der Waals surface area contributed by atoms with Crippen LogP contribution < -0.4 is 5.73 Å². The van der Waals surface area contributed by atoms with Crippen molar-refractivity contribution in [2.45, 2.75) is 26.7 Å². The molecule has 0 fully saturated rings. The minimum Gasteiger partial charge on any atom is -0.366 e. The summed E-state index contributed by atoms with van der Waals surface area (Å²) in [5.74, 6) is -0.316. The summed E-state index contributed by atoms with van der Waals surface area (Å²) in [5.41, 5.74) is 5.63. The minimum absolute atomic E-state index is 0. The normalized spacial score (nSPS) is 10.4. The number of carbonyl (C=O) groups excluding carboxylic acids is 1. The summed E-state index contributed by atoms with van der Waals surface area (Å²) in [6.07, 6.45) is 3.86. The maximum atomic E-state index is 10.4. The summed E-state index contributed by atoms with van der Waals surface area (Å²) in [4.78, 5) is 10.4. The average Bonchev–Trinajstić information content (AvgIpc) is 1.82. The van der Waals surface area contributed by atoms with Crippen LogP contribution in [0.1, 0.15) is 26.7 Å². The van der Waals surface area contributed by atoms with E-state index < -0.39 is 0 Å². The van der Waals surface area contributed by atoms with E-state index in [9.17, 15) is 4.79 Å². The van der Waals surface area contributed by atoms with Gasteiger partial charge in [-0.15, -0.1) is 17.0 Å². The van der Waals surface area contributed by atoms with Gasteiger partial charge in [0.25, 0.3) is 0 Å². The molecular weight excluding hydrogens is 194 g/mol. The van der Waals surface area contributed by atoms with Crippen molar-refractivity contribution in [3.8, 4) is 0 Å². The molecule has 1 amide bonds. The van der Waals surface area contributed by atoms with Gasteiger partial charge in [-0.3, -0.25) is 4.79 Å². The molecule has 10 heavy (non-hydrogen) atoms. The third-order valence-electron chi connectivity index (χ3n) is 1.13. The zero-order valence-corrected chi connectivity index (χ0v) is 8.10. The van der Waals surface area contributed by atoms with E-state index >= 15 is 0 Å². The van der Waals surface area contributed by atoms with Crippen molar-refractivity contribution in [1.29, 1.82) is 0 Å². The van der Waals surface area contributed by atoms with Crippen LogP contribution in [0.2, 0.25) is 0 Å². The molecule has 3 heteroatoms. The van der Waals surface area contributed by atoms with Crippen molar-refractivity contribution in [1.82, 2.24) is 0 Å². The number of allylic oxidation sites excluding steroid dienone is 1. The Morgan fingerprint density at radius 2 is 2.10 bits per heavy atom. The lowest BCUT2D eigenvalue weighted by Gasteiger charge is -1.90. The largest absolute Gasteiger partial charge is 0.366 e. The van der Waals surface area contributed by atoms with E-state index in [0.717, 1.165) is 12.8 Å². The number of hydrogen-bond donors (Lipinski definition) is 1. The van der Waals surface area contributed by atoms with Gasteiger partial charge in [-0.05, 0) is 13.3 Å². The van der Waals surface area contributed by atoms with Crippen molar-refractivity contribution < 1.29 is 4.79 Å². The Bertz CT molecular complexity index is 132. The van der Waals surface area contributed by atoms with Crippen LogP contribution in [0, 0.1) is 0 Å². The van der Waals surface area contributed by atoms with Gasteiger partial charge in [0.2, 0.25) is 5.91 Å². The van der Waals surface area contributed by atoms with E-state index in [4.69, 9.17) is 5.73 Å². The van der Waals surface area contributed by atoms with Gasteiger partial charge in [0.1, 0.15) is 0 Å². The summed E-state index contributed by atoms with van der Waals surface area (Å²) in [5, 5.41) is 0. The second-order valence-corrected chi connectivity index (χ2v) is 2.04. The fraction of sp³-hybridized carbons (Fsp3) is 0.571. The molecule has 0 aliphatic heterocycles. The van der Waals surface area contributed by atoms with Gasteiger partial charge in [0.15, 0.2) is 0 Å². The number of carbonyl (C=O) groups is 1. The predicted molar refractivity (Wildman–Crippen MR) is 48.2 cm³/mol. The number of nitrogens with two attached hydrogens (primary N) is 1. The molecule has 0 aliphatic carbocycles. The van der Waals surface area contributed by atoms with Crippen molar-refractivity contribution in [2.24, 2.45) is 5.73 Å². The Kier molecular flexibility index (Phi) is 8.42. The Morgan fingerprint density at radius 3 is 2.40 bits per heavy atom. The van der Waals surface area contributed by atoms with Crippen molar-refractivity contribution in [3.63, 3.8) is 0 Å². The van der Waals surface area contributed by atoms with E-state index in [-0.39, 0.29) is 22.9 Å². The average molecular weight is 208 g/mol. The number of unbranched alkanes of at least 4 members (excludes halogenated alkanes) is 1. The molecule has 0 atom stereocenters. The van der Waals surface area contributed by atoms with Gasteiger partial charge in [-0.1, -0.05) is 19.4 Å². The first-order valence-electron chi connectivity index (χ1n) is 3.15. The van der Waals surface area contributed by atoms with Crippen molar-refractivity contribution in [3.05, 3.63) is 11.6 Å². The Morgan fingerprint density at radius 1 is 1.60 bits per heavy atom. The van der Waals surface area contributed by atoms with Gasteiger partial charge in [0.05, 0.1) is 0 Å². The lowest BCUT2D eigenvalue weighted by molar-refractivity contribution is -0.114. The molecule has 0 aliphatic rings. The predicted octanol–water partition coefficient (Wildman–Crippen LogP) is 1.80. The molecule has 2 N–H and O–H groups in total. The van der Waals surface area contributed by atoms with E-state index in [1.807, 2.05) is 6.08 Å². The fourth-order valence-electron chi connectivity index (χ4n) is 0.461. The van der Waals surface area contributed by atoms with Crippen LogP contribution in [0.4, 0.5) is 0 Å². The highest BCUT2D eigenvalue weighted by Gasteiger charge is 1.93. The second kappa shape index (κ2) is 6.81. The summed E-state index contributed by atoms with van der Waals surface area (Å²) in [6.45, 7) is 3.79. The van der Waals surface area contributed by atoms with Crippen molar-refractivity contribution in [2.75, 3.05) is 0 Å². The Labute approximate surface area is 72.3 Å². The number of rotatable bonds is 3. The minimum atomic E-state index is -0.316. The van der Waals surface area contributed by atoms with Gasteiger partial charge in [0, 0.05) is 5.57 Å². The highest BCUT2D eigenvalue weighted by molar-refractivity contribution is 8.93. The number of hydrogen-bond acceptors (Lipinski definition) is 1. The van der Waals surface area contributed by atoms with Gasteiger partial charge in [-0.25, -0.2) is 0 Å². The molecule has 0 radical (unpaired) electrons. The molecule has 0 saturated carbocycles. The lowest BCUT2D eigenvalue weighted by atomic mass is 10.2. The summed E-state index contributed by atoms with van der Waals surface area (Å²) < 4.78 is 0. The Balaban J connectivity index is 0. The molecule has 0 bridgehead atoms. The molecule has 60 valence electrons. The third-order valence-corrected chi connectivity index (χ3v) is 1.13. The SMILES string of the molecule is Br.CCCC=C(C)C(N)=O. The second-order valence-electron chi connectivity index (χ2n) is 2.04. The lowest BCUT2D eigenvalue weighted by Crippen LogP contribution is -2.11. The third kappa shape index (κ3) is 5.82. The first-order chi connectivity index (χ1) is 4.18. The fourth-order valence-corrected chi connectivity index (χ4v) is 0.461. The van der Waals surface area contributed by atoms with Crippen LogP contribution in [0.25, 0.3) is 0 Å². The van der Waals surface area contributed by atoms with Gasteiger partial charge >= 0.3 is 0 Å². The van der Waals surface area contributed by atoms with Crippen LogP contribution >= 0.6 is 17.0 Å². The Hall–Kier alpha value is -0.310. The summed E-state index contributed by atoms with van der Waals surface area (Å²) >= 11 is 0. The molecule has 0 aromatic rings. The zero-order valence-electron chi connectivity index (χ0n) is 6.39. The highest BCUT2D eigenvalue weighted by atomic mass is 79.9. The monoisotopic (exact) mass is 207 g/mol. The highest BCUT2D eigenvalue weighted by Crippen LogP contribution is 1.95. The van der Waals surface area contributed by atoms with Crippen LogP contribution in [0.15, 0.2) is 11.6 Å². The van der Waals surface area contributed by atoms with E-state index in [2.05, 4.69) is 6.92 Å². The molecule has 0 aromatic carbocycles. The maximum Gasteiger partial charge on any atom is 0.244 e. The first kappa shape index (κ1) is 12.4. The number of halogens is 1. The molecule has 0 aromatic heterocycles. The van der Waals surface area contributed by atoms with Crippen LogP contribution in [0.5, 0.6) is 0 Å². The topological polar surface area (TPSA) is 43.1 Å². The standard InChI is InChI=1S/C7H13NO.BrH/c1-3-4-5-6(2)7(8)9;/h5H,3-4H2,1-2H3,(H2,8,9);1H. The maximum absolute atomic E-state index is 10.4.